The molecule has 0 spiro atoms. The summed E-state index contributed by atoms with van der Waals surface area (Å²) < 4.78 is 6.76. The van der Waals surface area contributed by atoms with E-state index >= 15 is 0 Å². The lowest BCUT2D eigenvalue weighted by molar-refractivity contribution is 0.308. The normalized spacial score (nSPS) is 17.7. The quantitative estimate of drug-likeness (QED) is 0.782. The minimum atomic E-state index is 1.02. The SMILES string of the molecule is Cc1nnc(SN2CCN(Sc3nnc(C)s3)CC2)s1. The van der Waals surface area contributed by atoms with Crippen LogP contribution in [-0.4, -0.2) is 55.2 Å². The number of aromatic nitrogens is 4. The molecule has 1 aliphatic heterocycles. The molecule has 0 N–H and O–H groups in total. The first-order valence-corrected chi connectivity index (χ1v) is 9.33. The fourth-order valence-corrected chi connectivity index (χ4v) is 5.48. The van der Waals surface area contributed by atoms with Crippen LogP contribution in [0.2, 0.25) is 0 Å². The van der Waals surface area contributed by atoms with Crippen LogP contribution in [-0.2, 0) is 0 Å². The van der Waals surface area contributed by atoms with Crippen LogP contribution in [0.1, 0.15) is 10.0 Å². The zero-order chi connectivity index (χ0) is 13.9. The Morgan fingerprint density at radius 2 is 1.15 bits per heavy atom. The maximum absolute atomic E-state index is 4.15. The number of nitrogens with zero attached hydrogens (tertiary/aromatic N) is 6. The fourth-order valence-electron chi connectivity index (χ4n) is 1.70. The highest BCUT2D eigenvalue weighted by Crippen LogP contribution is 2.30. The van der Waals surface area contributed by atoms with Crippen molar-refractivity contribution in [2.24, 2.45) is 0 Å². The van der Waals surface area contributed by atoms with Crippen LogP contribution in [0.5, 0.6) is 0 Å². The molecule has 1 saturated heterocycles. The largest absolute Gasteiger partial charge is 0.242 e. The fraction of sp³-hybridized carbons (Fsp3) is 0.600. The van der Waals surface area contributed by atoms with Gasteiger partial charge in [-0.2, -0.15) is 0 Å². The summed E-state index contributed by atoms with van der Waals surface area (Å²) in [5, 5.41) is 18.4. The third-order valence-electron chi connectivity index (χ3n) is 2.63. The molecular weight excluding hydrogens is 332 g/mol. The van der Waals surface area contributed by atoms with Gasteiger partial charge in [-0.05, 0) is 37.7 Å². The van der Waals surface area contributed by atoms with Crippen LogP contribution in [0.25, 0.3) is 0 Å². The monoisotopic (exact) mass is 346 g/mol. The van der Waals surface area contributed by atoms with Gasteiger partial charge in [-0.25, -0.2) is 8.61 Å². The molecule has 3 rings (SSSR count). The number of rotatable bonds is 4. The maximum atomic E-state index is 4.15. The minimum absolute atomic E-state index is 1.02. The second kappa shape index (κ2) is 6.67. The van der Waals surface area contributed by atoms with Crippen molar-refractivity contribution >= 4 is 46.6 Å². The zero-order valence-corrected chi connectivity index (χ0v) is 14.4. The molecule has 0 aromatic carbocycles. The van der Waals surface area contributed by atoms with Gasteiger partial charge in [-0.3, -0.25) is 0 Å². The average molecular weight is 347 g/mol. The first kappa shape index (κ1) is 14.7. The van der Waals surface area contributed by atoms with E-state index in [2.05, 4.69) is 29.0 Å². The Hall–Kier alpha value is -0.260. The Morgan fingerprint density at radius 3 is 1.45 bits per heavy atom. The molecular formula is C10H14N6S4. The summed E-state index contributed by atoms with van der Waals surface area (Å²) >= 11 is 6.73. The minimum Gasteiger partial charge on any atom is -0.242 e. The second-order valence-corrected chi connectivity index (χ2v) is 9.27. The van der Waals surface area contributed by atoms with Gasteiger partial charge in [-0.1, -0.05) is 22.7 Å². The van der Waals surface area contributed by atoms with Crippen LogP contribution < -0.4 is 0 Å². The molecule has 1 aliphatic rings. The Kier molecular flexibility index (Phi) is 4.89. The third-order valence-corrected chi connectivity index (χ3v) is 6.56. The van der Waals surface area contributed by atoms with E-state index in [1.165, 1.54) is 0 Å². The number of hydrogen-bond acceptors (Lipinski definition) is 10. The van der Waals surface area contributed by atoms with Crippen LogP contribution >= 0.6 is 46.6 Å². The summed E-state index contributed by atoms with van der Waals surface area (Å²) in [6.07, 6.45) is 0. The molecule has 6 nitrogen and oxygen atoms in total. The molecule has 0 bridgehead atoms. The molecule has 1 fully saturated rings. The van der Waals surface area contributed by atoms with Crippen LogP contribution in [0.4, 0.5) is 0 Å². The lowest BCUT2D eigenvalue weighted by atomic mass is 10.4. The lowest BCUT2D eigenvalue weighted by Crippen LogP contribution is -2.39. The average Bonchev–Trinajstić information content (AvgIpc) is 3.01. The van der Waals surface area contributed by atoms with Gasteiger partial charge in [0.1, 0.15) is 10.0 Å². The van der Waals surface area contributed by atoms with E-state index in [0.29, 0.717) is 0 Å². The summed E-state index contributed by atoms with van der Waals surface area (Å²) in [4.78, 5) is 0. The molecule has 0 atom stereocenters. The van der Waals surface area contributed by atoms with E-state index in [0.717, 1.165) is 44.9 Å². The van der Waals surface area contributed by atoms with E-state index in [-0.39, 0.29) is 0 Å². The van der Waals surface area contributed by atoms with Gasteiger partial charge in [0.25, 0.3) is 0 Å². The molecule has 0 aliphatic carbocycles. The van der Waals surface area contributed by atoms with Gasteiger partial charge < -0.3 is 0 Å². The van der Waals surface area contributed by atoms with Gasteiger partial charge in [-0.15, -0.1) is 20.4 Å². The van der Waals surface area contributed by atoms with E-state index in [9.17, 15) is 0 Å². The smallest absolute Gasteiger partial charge is 0.189 e. The lowest BCUT2D eigenvalue weighted by Gasteiger charge is -2.31. The van der Waals surface area contributed by atoms with Gasteiger partial charge >= 0.3 is 0 Å². The molecule has 2 aromatic rings. The molecule has 10 heteroatoms. The molecule has 0 radical (unpaired) electrons. The van der Waals surface area contributed by atoms with E-state index < -0.39 is 0 Å². The summed E-state index contributed by atoms with van der Waals surface area (Å²) in [7, 11) is 0. The van der Waals surface area contributed by atoms with Gasteiger partial charge in [0.05, 0.1) is 0 Å². The molecule has 0 unspecified atom stereocenters. The van der Waals surface area contributed by atoms with Crippen molar-refractivity contribution in [1.29, 1.82) is 0 Å². The van der Waals surface area contributed by atoms with Crippen molar-refractivity contribution in [3.63, 3.8) is 0 Å². The first-order chi connectivity index (χ1) is 9.69. The molecule has 108 valence electrons. The van der Waals surface area contributed by atoms with Crippen LogP contribution in [0.15, 0.2) is 8.68 Å². The van der Waals surface area contributed by atoms with Crippen molar-refractivity contribution in [3.05, 3.63) is 10.0 Å². The summed E-state index contributed by atoms with van der Waals surface area (Å²) in [5.41, 5.74) is 0. The standard InChI is InChI=1S/C10H14N6S4/c1-7-11-13-9(17-7)19-15-3-5-16(6-4-15)20-10-14-12-8(2)18-10/h3-6H2,1-2H3. The topological polar surface area (TPSA) is 58.0 Å². The van der Waals surface area contributed by atoms with E-state index in [1.54, 1.807) is 46.6 Å². The molecule has 3 heterocycles. The number of hydrogen-bond donors (Lipinski definition) is 0. The maximum Gasteiger partial charge on any atom is 0.189 e. The van der Waals surface area contributed by atoms with Crippen molar-refractivity contribution in [1.82, 2.24) is 29.0 Å². The molecule has 2 aromatic heterocycles. The first-order valence-electron chi connectivity index (χ1n) is 6.15. The molecule has 0 amide bonds. The van der Waals surface area contributed by atoms with Gasteiger partial charge in [0.15, 0.2) is 8.68 Å². The second-order valence-electron chi connectivity index (χ2n) is 4.21. The molecule has 20 heavy (non-hydrogen) atoms. The van der Waals surface area contributed by atoms with E-state index in [1.807, 2.05) is 13.8 Å². The van der Waals surface area contributed by atoms with Crippen LogP contribution in [0.3, 0.4) is 0 Å². The van der Waals surface area contributed by atoms with E-state index in [4.69, 9.17) is 0 Å². The predicted octanol–water partition coefficient (Wildman–Crippen LogP) is 2.34. The predicted molar refractivity (Wildman–Crippen MR) is 84.2 cm³/mol. The Labute approximate surface area is 134 Å². The number of piperazine rings is 1. The Morgan fingerprint density at radius 1 is 0.750 bits per heavy atom. The van der Waals surface area contributed by atoms with Gasteiger partial charge in [0, 0.05) is 26.2 Å². The van der Waals surface area contributed by atoms with Gasteiger partial charge in [0.2, 0.25) is 0 Å². The third kappa shape index (κ3) is 3.89. The highest BCUT2D eigenvalue weighted by molar-refractivity contribution is 7.99. The zero-order valence-electron chi connectivity index (χ0n) is 11.1. The number of aryl methyl sites for hydroxylation is 2. The summed E-state index contributed by atoms with van der Waals surface area (Å²) in [5.74, 6) is 0. The van der Waals surface area contributed by atoms with Crippen molar-refractivity contribution in [3.8, 4) is 0 Å². The Balaban J connectivity index is 1.47. The highest BCUT2D eigenvalue weighted by Gasteiger charge is 2.20. The summed E-state index contributed by atoms with van der Waals surface area (Å²) in [6.45, 7) is 8.06. The highest BCUT2D eigenvalue weighted by atomic mass is 32.2. The van der Waals surface area contributed by atoms with Crippen LogP contribution in [0, 0.1) is 13.8 Å². The van der Waals surface area contributed by atoms with Crippen molar-refractivity contribution in [2.75, 3.05) is 26.2 Å². The summed E-state index contributed by atoms with van der Waals surface area (Å²) in [6, 6.07) is 0. The molecule has 0 saturated carbocycles. The van der Waals surface area contributed by atoms with Crippen molar-refractivity contribution < 1.29 is 0 Å². The Bertz CT molecular complexity index is 511. The van der Waals surface area contributed by atoms with Crippen molar-refractivity contribution in [2.45, 2.75) is 22.5 Å².